The molecule has 180 valence electrons. The van der Waals surface area contributed by atoms with Gasteiger partial charge in [-0.3, -0.25) is 9.55 Å². The summed E-state index contributed by atoms with van der Waals surface area (Å²) in [6.45, 7) is 0.828. The van der Waals surface area contributed by atoms with Gasteiger partial charge in [0, 0.05) is 19.8 Å². The summed E-state index contributed by atoms with van der Waals surface area (Å²) in [5.41, 5.74) is 2.96. The maximum Gasteiger partial charge on any atom is 0.261 e. The first-order valence-electron chi connectivity index (χ1n) is 11.2. The first-order chi connectivity index (χ1) is 17.1. The highest BCUT2D eigenvalue weighted by atomic mass is 32.1. The first kappa shape index (κ1) is 23.1. The molecule has 1 saturated heterocycles. The number of anilines is 2. The lowest BCUT2D eigenvalue weighted by molar-refractivity contribution is -0.0174. The molecule has 1 N–H and O–H groups in total. The van der Waals surface area contributed by atoms with Gasteiger partial charge in [-0.15, -0.1) is 0 Å². The Morgan fingerprint density at radius 1 is 1.26 bits per heavy atom. The standard InChI is InChI=1S/C24H24FN7O2S/c1-31(12-16-4-2-5-17(25)10-16)22-21-23(28-14-27-22)32(15-29-21)20-8-7-19(34-20)13-33-24(35)30-18-6-3-9-26-11-18/h2-6,9-11,14-15,19-20H,7-8,12-13H2,1H3,(H,30,35)/t19-,20?/m0/s1. The number of fused-ring (bicyclic) bond motifs is 1. The summed E-state index contributed by atoms with van der Waals surface area (Å²) in [5.74, 6) is 0.404. The highest BCUT2D eigenvalue weighted by Gasteiger charge is 2.29. The number of thiocarbonyl (C=S) groups is 1. The van der Waals surface area contributed by atoms with Gasteiger partial charge in [-0.1, -0.05) is 12.1 Å². The zero-order chi connectivity index (χ0) is 24.2. The van der Waals surface area contributed by atoms with Gasteiger partial charge >= 0.3 is 0 Å². The minimum atomic E-state index is -0.265. The Hall–Kier alpha value is -3.70. The zero-order valence-corrected chi connectivity index (χ0v) is 19.9. The lowest BCUT2D eigenvalue weighted by Crippen LogP contribution is -2.22. The fourth-order valence-electron chi connectivity index (χ4n) is 4.09. The second-order valence-corrected chi connectivity index (χ2v) is 8.63. The molecule has 4 aromatic rings. The van der Waals surface area contributed by atoms with E-state index in [0.29, 0.717) is 30.1 Å². The molecule has 0 spiro atoms. The maximum atomic E-state index is 13.6. The molecule has 0 amide bonds. The van der Waals surface area contributed by atoms with E-state index in [-0.39, 0.29) is 23.3 Å². The number of imidazole rings is 1. The van der Waals surface area contributed by atoms with Crippen LogP contribution in [0.4, 0.5) is 15.9 Å². The minimum absolute atomic E-state index is 0.108. The Bertz CT molecular complexity index is 1320. The van der Waals surface area contributed by atoms with Crippen molar-refractivity contribution in [2.24, 2.45) is 0 Å². The molecule has 1 fully saturated rings. The normalized spacial score (nSPS) is 17.4. The van der Waals surface area contributed by atoms with Crippen molar-refractivity contribution in [2.45, 2.75) is 31.7 Å². The zero-order valence-electron chi connectivity index (χ0n) is 19.0. The predicted molar refractivity (Wildman–Crippen MR) is 133 cm³/mol. The second kappa shape index (κ2) is 10.3. The minimum Gasteiger partial charge on any atom is -0.468 e. The van der Waals surface area contributed by atoms with Crippen LogP contribution in [0.15, 0.2) is 61.4 Å². The fourth-order valence-corrected chi connectivity index (χ4v) is 4.27. The van der Waals surface area contributed by atoms with E-state index in [1.165, 1.54) is 18.5 Å². The van der Waals surface area contributed by atoms with E-state index in [1.54, 1.807) is 24.8 Å². The summed E-state index contributed by atoms with van der Waals surface area (Å²) in [6, 6.07) is 10.2. The molecular weight excluding hydrogens is 469 g/mol. The molecule has 11 heteroatoms. The van der Waals surface area contributed by atoms with Crippen molar-refractivity contribution in [3.8, 4) is 0 Å². The monoisotopic (exact) mass is 493 g/mol. The molecule has 0 aliphatic carbocycles. The second-order valence-electron chi connectivity index (χ2n) is 8.26. The predicted octanol–water partition coefficient (Wildman–Crippen LogP) is 4.09. The fraction of sp³-hybridized carbons (Fsp3) is 0.292. The molecule has 5 rings (SSSR count). The van der Waals surface area contributed by atoms with Crippen LogP contribution in [0.3, 0.4) is 0 Å². The Balaban J connectivity index is 1.22. The van der Waals surface area contributed by atoms with Gasteiger partial charge in [0.25, 0.3) is 5.17 Å². The summed E-state index contributed by atoms with van der Waals surface area (Å²) in [5, 5.41) is 3.27. The van der Waals surface area contributed by atoms with E-state index in [1.807, 2.05) is 34.7 Å². The van der Waals surface area contributed by atoms with E-state index < -0.39 is 0 Å². The molecule has 1 aromatic carbocycles. The van der Waals surface area contributed by atoms with Crippen LogP contribution in [-0.4, -0.2) is 49.4 Å². The largest absolute Gasteiger partial charge is 0.468 e. The number of nitrogens with one attached hydrogen (secondary N) is 1. The highest BCUT2D eigenvalue weighted by Crippen LogP contribution is 2.32. The number of halogens is 1. The van der Waals surface area contributed by atoms with Gasteiger partial charge < -0.3 is 19.7 Å². The number of benzene rings is 1. The summed E-state index contributed by atoms with van der Waals surface area (Å²) in [6.07, 6.45) is 7.88. The summed E-state index contributed by atoms with van der Waals surface area (Å²) < 4.78 is 27.4. The molecule has 0 bridgehead atoms. The highest BCUT2D eigenvalue weighted by molar-refractivity contribution is 7.80. The van der Waals surface area contributed by atoms with Gasteiger partial charge in [-0.05, 0) is 54.9 Å². The number of hydrogen-bond donors (Lipinski definition) is 1. The van der Waals surface area contributed by atoms with Gasteiger partial charge in [-0.25, -0.2) is 19.3 Å². The Morgan fingerprint density at radius 2 is 2.17 bits per heavy atom. The number of ether oxygens (including phenoxy) is 2. The third-order valence-corrected chi connectivity index (χ3v) is 5.93. The number of hydrogen-bond acceptors (Lipinski definition) is 8. The lowest BCUT2D eigenvalue weighted by atomic mass is 10.2. The van der Waals surface area contributed by atoms with Gasteiger partial charge in [0.1, 0.15) is 25.0 Å². The lowest BCUT2D eigenvalue weighted by Gasteiger charge is -2.19. The SMILES string of the molecule is CN(Cc1cccc(F)c1)c1ncnc2c1ncn2C1CC[C@@H](COC(=S)Nc2cccnc2)O1. The molecule has 1 aliphatic heterocycles. The van der Waals surface area contributed by atoms with E-state index in [0.717, 1.165) is 24.1 Å². The average molecular weight is 494 g/mol. The average Bonchev–Trinajstić information content (AvgIpc) is 3.50. The topological polar surface area (TPSA) is 90.2 Å². The molecule has 2 atom stereocenters. The number of aromatic nitrogens is 5. The molecule has 35 heavy (non-hydrogen) atoms. The third-order valence-electron chi connectivity index (χ3n) is 5.71. The Kier molecular flexibility index (Phi) is 6.77. The van der Waals surface area contributed by atoms with Gasteiger partial charge in [0.15, 0.2) is 17.0 Å². The molecular formula is C24H24FN7O2S. The van der Waals surface area contributed by atoms with Crippen LogP contribution >= 0.6 is 12.2 Å². The van der Waals surface area contributed by atoms with Crippen LogP contribution in [-0.2, 0) is 16.0 Å². The third kappa shape index (κ3) is 5.36. The van der Waals surface area contributed by atoms with Gasteiger partial charge in [0.2, 0.25) is 0 Å². The van der Waals surface area contributed by atoms with Crippen molar-refractivity contribution in [2.75, 3.05) is 23.9 Å². The molecule has 3 aromatic heterocycles. The van der Waals surface area contributed by atoms with Crippen molar-refractivity contribution in [1.82, 2.24) is 24.5 Å². The van der Waals surface area contributed by atoms with Crippen LogP contribution < -0.4 is 10.2 Å². The summed E-state index contributed by atoms with van der Waals surface area (Å²) in [7, 11) is 1.90. The number of rotatable bonds is 7. The van der Waals surface area contributed by atoms with Gasteiger partial charge in [0.05, 0.1) is 24.3 Å². The van der Waals surface area contributed by atoms with E-state index in [9.17, 15) is 4.39 Å². The molecule has 9 nitrogen and oxygen atoms in total. The number of pyridine rings is 1. The smallest absolute Gasteiger partial charge is 0.261 e. The molecule has 0 radical (unpaired) electrons. The van der Waals surface area contributed by atoms with Crippen molar-refractivity contribution in [3.63, 3.8) is 0 Å². The summed E-state index contributed by atoms with van der Waals surface area (Å²) in [4.78, 5) is 19.4. The van der Waals surface area contributed by atoms with Crippen molar-refractivity contribution in [1.29, 1.82) is 0 Å². The summed E-state index contributed by atoms with van der Waals surface area (Å²) >= 11 is 5.26. The molecule has 4 heterocycles. The molecule has 0 saturated carbocycles. The van der Waals surface area contributed by atoms with E-state index in [4.69, 9.17) is 21.7 Å². The Morgan fingerprint density at radius 3 is 3.00 bits per heavy atom. The van der Waals surface area contributed by atoms with Crippen molar-refractivity contribution < 1.29 is 13.9 Å². The Labute approximate surface area is 206 Å². The van der Waals surface area contributed by atoms with Crippen LogP contribution in [0.5, 0.6) is 0 Å². The maximum absolute atomic E-state index is 13.6. The number of nitrogens with zero attached hydrogens (tertiary/aromatic N) is 6. The van der Waals surface area contributed by atoms with Crippen molar-refractivity contribution in [3.05, 3.63) is 72.8 Å². The molecule has 1 aliphatic rings. The quantitative estimate of drug-likeness (QED) is 0.382. The van der Waals surface area contributed by atoms with E-state index >= 15 is 0 Å². The van der Waals surface area contributed by atoms with Crippen LogP contribution in [0.2, 0.25) is 0 Å². The van der Waals surface area contributed by atoms with Crippen LogP contribution in [0, 0.1) is 5.82 Å². The van der Waals surface area contributed by atoms with Crippen LogP contribution in [0.25, 0.3) is 11.2 Å². The molecule has 1 unspecified atom stereocenters. The van der Waals surface area contributed by atoms with Gasteiger partial charge in [-0.2, -0.15) is 0 Å². The first-order valence-corrected chi connectivity index (χ1v) is 11.6. The van der Waals surface area contributed by atoms with E-state index in [2.05, 4.69) is 25.3 Å². The van der Waals surface area contributed by atoms with Crippen LogP contribution in [0.1, 0.15) is 24.6 Å². The van der Waals surface area contributed by atoms with Crippen molar-refractivity contribution >= 4 is 40.1 Å².